The van der Waals surface area contributed by atoms with Crippen LogP contribution in [0.25, 0.3) is 0 Å². The minimum atomic E-state index is -3.64. The maximum atomic E-state index is 12.7. The molecule has 156 valence electrons. The van der Waals surface area contributed by atoms with Gasteiger partial charge in [-0.3, -0.25) is 19.7 Å². The van der Waals surface area contributed by atoms with E-state index in [2.05, 4.69) is 16.7 Å². The Kier molecular flexibility index (Phi) is 6.87. The Hall–Kier alpha value is -2.45. The molecule has 0 heterocycles. The third-order valence-electron chi connectivity index (χ3n) is 5.40. The summed E-state index contributed by atoms with van der Waals surface area (Å²) in [6.45, 7) is 0.681. The number of anilines is 1. The zero-order valence-electron chi connectivity index (χ0n) is 16.6. The molecule has 1 N–H and O–H groups in total. The molecule has 29 heavy (non-hydrogen) atoms. The van der Waals surface area contributed by atoms with Crippen LogP contribution >= 0.6 is 0 Å². The number of nitrogens with one attached hydrogen (secondary N) is 1. The van der Waals surface area contributed by atoms with Crippen LogP contribution in [0, 0.1) is 10.1 Å². The zero-order valence-corrected chi connectivity index (χ0v) is 17.4. The summed E-state index contributed by atoms with van der Waals surface area (Å²) in [4.78, 5) is 12.6. The van der Waals surface area contributed by atoms with Gasteiger partial charge in [0.25, 0.3) is 5.69 Å². The van der Waals surface area contributed by atoms with Gasteiger partial charge < -0.3 is 0 Å². The van der Waals surface area contributed by atoms with E-state index < -0.39 is 14.9 Å². The van der Waals surface area contributed by atoms with Gasteiger partial charge in [-0.25, -0.2) is 8.42 Å². The highest BCUT2D eigenvalue weighted by Crippen LogP contribution is 2.25. The van der Waals surface area contributed by atoms with E-state index in [0.29, 0.717) is 23.8 Å². The number of hydrogen-bond donors (Lipinski definition) is 1. The Bertz CT molecular complexity index is 939. The number of nitro groups is 1. The van der Waals surface area contributed by atoms with Gasteiger partial charge in [-0.2, -0.15) is 0 Å². The molecule has 3 rings (SSSR count). The highest BCUT2D eigenvalue weighted by Gasteiger charge is 2.20. The van der Waals surface area contributed by atoms with E-state index in [1.54, 1.807) is 6.07 Å². The van der Waals surface area contributed by atoms with Gasteiger partial charge in [0.2, 0.25) is 10.0 Å². The fourth-order valence-corrected chi connectivity index (χ4v) is 5.05. The van der Waals surface area contributed by atoms with Crippen molar-refractivity contribution in [3.8, 4) is 0 Å². The van der Waals surface area contributed by atoms with Crippen LogP contribution in [0.2, 0.25) is 0 Å². The van der Waals surface area contributed by atoms with E-state index in [0.717, 1.165) is 5.56 Å². The molecule has 2 aromatic rings. The molecule has 1 fully saturated rings. The first kappa shape index (κ1) is 21.3. The molecule has 0 spiro atoms. The van der Waals surface area contributed by atoms with E-state index in [1.165, 1.54) is 56.4 Å². The maximum Gasteiger partial charge on any atom is 0.269 e. The molecular formula is C21H27N3O4S. The molecule has 0 atom stereocenters. The Balaban J connectivity index is 1.69. The van der Waals surface area contributed by atoms with Crippen LogP contribution in [0.3, 0.4) is 0 Å². The van der Waals surface area contributed by atoms with E-state index in [9.17, 15) is 18.5 Å². The monoisotopic (exact) mass is 417 g/mol. The normalized spacial score (nSPS) is 15.4. The summed E-state index contributed by atoms with van der Waals surface area (Å²) in [7, 11) is -1.55. The van der Waals surface area contributed by atoms with Crippen molar-refractivity contribution in [2.24, 2.45) is 0 Å². The van der Waals surface area contributed by atoms with Crippen molar-refractivity contribution in [3.63, 3.8) is 0 Å². The molecule has 1 aliphatic carbocycles. The van der Waals surface area contributed by atoms with Crippen molar-refractivity contribution in [2.45, 2.75) is 50.4 Å². The van der Waals surface area contributed by atoms with Crippen molar-refractivity contribution >= 4 is 21.4 Å². The zero-order chi connectivity index (χ0) is 20.9. The lowest BCUT2D eigenvalue weighted by Crippen LogP contribution is -2.33. The minimum Gasteiger partial charge on any atom is -0.299 e. The first-order chi connectivity index (χ1) is 13.8. The predicted molar refractivity (Wildman–Crippen MR) is 114 cm³/mol. The molecule has 0 amide bonds. The van der Waals surface area contributed by atoms with Crippen LogP contribution in [-0.2, 0) is 22.3 Å². The molecular weight excluding hydrogens is 390 g/mol. The standard InChI is InChI=1S/C21H27N3O4S/c1-23(19-8-3-2-4-9-19)15-18-7-5-6-10-21(18)22-29(27,28)16-17-11-13-20(14-12-17)24(25)26/h5-7,10-14,19,22H,2-4,8-9,15-16H2,1H3. The second-order valence-electron chi connectivity index (χ2n) is 7.65. The molecule has 0 saturated heterocycles. The lowest BCUT2D eigenvalue weighted by Gasteiger charge is -2.31. The quantitative estimate of drug-likeness (QED) is 0.511. The molecule has 0 unspecified atom stereocenters. The number of rotatable bonds is 8. The van der Waals surface area contributed by atoms with Gasteiger partial charge in [0.15, 0.2) is 0 Å². The van der Waals surface area contributed by atoms with Crippen molar-refractivity contribution in [1.29, 1.82) is 0 Å². The summed E-state index contributed by atoms with van der Waals surface area (Å²) in [6.07, 6.45) is 6.16. The number of benzene rings is 2. The van der Waals surface area contributed by atoms with Crippen LogP contribution in [0.15, 0.2) is 48.5 Å². The Morgan fingerprint density at radius 3 is 2.38 bits per heavy atom. The van der Waals surface area contributed by atoms with Crippen LogP contribution in [0.5, 0.6) is 0 Å². The van der Waals surface area contributed by atoms with Gasteiger partial charge in [-0.15, -0.1) is 0 Å². The fourth-order valence-electron chi connectivity index (χ4n) is 3.81. The lowest BCUT2D eigenvalue weighted by molar-refractivity contribution is -0.384. The molecule has 1 saturated carbocycles. The summed E-state index contributed by atoms with van der Waals surface area (Å²) < 4.78 is 28.0. The molecule has 0 bridgehead atoms. The first-order valence-corrected chi connectivity index (χ1v) is 11.5. The van der Waals surface area contributed by atoms with Crippen molar-refractivity contribution in [2.75, 3.05) is 11.8 Å². The highest BCUT2D eigenvalue weighted by molar-refractivity contribution is 7.91. The van der Waals surface area contributed by atoms with Gasteiger partial charge in [-0.1, -0.05) is 49.6 Å². The van der Waals surface area contributed by atoms with Gasteiger partial charge in [0.1, 0.15) is 0 Å². The van der Waals surface area contributed by atoms with E-state index in [-0.39, 0.29) is 11.4 Å². The molecule has 0 radical (unpaired) electrons. The third-order valence-corrected chi connectivity index (χ3v) is 6.65. The van der Waals surface area contributed by atoms with Crippen molar-refractivity contribution in [3.05, 3.63) is 69.8 Å². The molecule has 0 aromatic heterocycles. The Morgan fingerprint density at radius 1 is 1.07 bits per heavy atom. The van der Waals surface area contributed by atoms with E-state index in [1.807, 2.05) is 18.2 Å². The largest absolute Gasteiger partial charge is 0.299 e. The summed E-state index contributed by atoms with van der Waals surface area (Å²) in [5.74, 6) is -0.238. The van der Waals surface area contributed by atoms with Crippen molar-refractivity contribution < 1.29 is 13.3 Å². The van der Waals surface area contributed by atoms with Crippen LogP contribution in [0.4, 0.5) is 11.4 Å². The van der Waals surface area contributed by atoms with Gasteiger partial charge in [-0.05, 0) is 37.1 Å². The molecule has 1 aliphatic rings. The topological polar surface area (TPSA) is 92.6 Å². The predicted octanol–water partition coefficient (Wildman–Crippen LogP) is 4.30. The second kappa shape index (κ2) is 9.37. The lowest BCUT2D eigenvalue weighted by atomic mass is 9.94. The minimum absolute atomic E-state index is 0.0600. The number of nitro benzene ring substituents is 1. The summed E-state index contributed by atoms with van der Waals surface area (Å²) >= 11 is 0. The van der Waals surface area contributed by atoms with Gasteiger partial charge >= 0.3 is 0 Å². The third kappa shape index (κ3) is 6.01. The van der Waals surface area contributed by atoms with Gasteiger partial charge in [0, 0.05) is 24.7 Å². The summed E-state index contributed by atoms with van der Waals surface area (Å²) in [5, 5.41) is 10.7. The highest BCUT2D eigenvalue weighted by atomic mass is 32.2. The summed E-state index contributed by atoms with van der Waals surface area (Å²) in [5.41, 5.74) is 1.96. The fraction of sp³-hybridized carbons (Fsp3) is 0.429. The number of nitrogens with zero attached hydrogens (tertiary/aromatic N) is 2. The number of non-ortho nitro benzene ring substituents is 1. The SMILES string of the molecule is CN(Cc1ccccc1NS(=O)(=O)Cc1ccc([N+](=O)[O-])cc1)C1CCCCC1. The number of sulfonamides is 1. The van der Waals surface area contributed by atoms with E-state index in [4.69, 9.17) is 0 Å². The Labute approximate surface area is 171 Å². The van der Waals surface area contributed by atoms with Gasteiger partial charge in [0.05, 0.1) is 16.4 Å². The average Bonchev–Trinajstić information content (AvgIpc) is 2.70. The van der Waals surface area contributed by atoms with Crippen molar-refractivity contribution in [1.82, 2.24) is 4.90 Å². The molecule has 0 aliphatic heterocycles. The number of para-hydroxylation sites is 1. The second-order valence-corrected chi connectivity index (χ2v) is 9.37. The summed E-state index contributed by atoms with van der Waals surface area (Å²) in [6, 6.07) is 13.6. The Morgan fingerprint density at radius 2 is 1.72 bits per heavy atom. The van der Waals surface area contributed by atoms with Crippen LogP contribution < -0.4 is 4.72 Å². The maximum absolute atomic E-state index is 12.7. The van der Waals surface area contributed by atoms with Crippen LogP contribution in [0.1, 0.15) is 43.2 Å². The molecule has 7 nitrogen and oxygen atoms in total. The molecule has 8 heteroatoms. The van der Waals surface area contributed by atoms with E-state index >= 15 is 0 Å². The first-order valence-electron chi connectivity index (χ1n) is 9.86. The number of hydrogen-bond acceptors (Lipinski definition) is 5. The average molecular weight is 418 g/mol. The van der Waals surface area contributed by atoms with Crippen LogP contribution in [-0.4, -0.2) is 31.3 Å². The smallest absolute Gasteiger partial charge is 0.269 e. The molecule has 2 aromatic carbocycles.